The number of urea groups is 1. The standard InChI is InChI=1S/C22H16F4N6O2/c1-32-10-19(29-12-32)18-9-20(28-11-27-18)34-15-6-7-16(23)17(8-15)31-21(33)30-14-4-2-13(3-5-14)22(24,25)26/h2-12H,1H3,(H2,30,31,33). The second-order valence-corrected chi connectivity index (χ2v) is 7.06. The maximum Gasteiger partial charge on any atom is 0.416 e. The largest absolute Gasteiger partial charge is 0.439 e. The predicted octanol–water partition coefficient (Wildman–Crippen LogP) is 5.47. The van der Waals surface area contributed by atoms with Crippen LogP contribution < -0.4 is 15.4 Å². The van der Waals surface area contributed by atoms with Crippen molar-refractivity contribution in [2.75, 3.05) is 10.6 Å². The molecule has 0 aliphatic rings. The first-order valence-electron chi connectivity index (χ1n) is 9.70. The zero-order valence-electron chi connectivity index (χ0n) is 17.5. The third kappa shape index (κ3) is 5.46. The molecule has 0 unspecified atom stereocenters. The molecule has 0 saturated heterocycles. The molecule has 174 valence electrons. The van der Waals surface area contributed by atoms with Crippen molar-refractivity contribution in [1.82, 2.24) is 19.5 Å². The van der Waals surface area contributed by atoms with Crippen LogP contribution in [0.4, 0.5) is 33.7 Å². The Morgan fingerprint density at radius 2 is 1.74 bits per heavy atom. The molecule has 0 fully saturated rings. The molecule has 2 aromatic heterocycles. The van der Waals surface area contributed by atoms with Crippen LogP contribution in [0.3, 0.4) is 0 Å². The number of halogens is 4. The SMILES string of the molecule is Cn1cnc(-c2cc(Oc3ccc(F)c(NC(=O)Nc4ccc(C(F)(F)F)cc4)c3)ncn2)c1. The summed E-state index contributed by atoms with van der Waals surface area (Å²) in [5, 5.41) is 4.64. The normalized spacial score (nSPS) is 11.2. The lowest BCUT2D eigenvalue weighted by Gasteiger charge is -2.11. The average molecular weight is 472 g/mol. The number of rotatable bonds is 5. The number of ether oxygens (including phenoxy) is 1. The van der Waals surface area contributed by atoms with E-state index in [0.29, 0.717) is 11.4 Å². The number of alkyl halides is 3. The van der Waals surface area contributed by atoms with Crippen LogP contribution in [0.1, 0.15) is 5.56 Å². The fourth-order valence-corrected chi connectivity index (χ4v) is 2.89. The fraction of sp³-hybridized carbons (Fsp3) is 0.0909. The maximum absolute atomic E-state index is 14.2. The molecule has 2 N–H and O–H groups in total. The summed E-state index contributed by atoms with van der Waals surface area (Å²) in [5.41, 5.74) is 0.158. The highest BCUT2D eigenvalue weighted by molar-refractivity contribution is 5.99. The molecular formula is C22H16F4N6O2. The number of aryl methyl sites for hydroxylation is 1. The Balaban J connectivity index is 1.44. The Bertz CT molecular complexity index is 1320. The molecule has 0 saturated carbocycles. The Hall–Kier alpha value is -4.48. The molecule has 0 aliphatic heterocycles. The van der Waals surface area contributed by atoms with Crippen molar-refractivity contribution < 1.29 is 27.1 Å². The molecule has 8 nitrogen and oxygen atoms in total. The van der Waals surface area contributed by atoms with Crippen LogP contribution in [-0.4, -0.2) is 25.6 Å². The monoisotopic (exact) mass is 472 g/mol. The third-order valence-corrected chi connectivity index (χ3v) is 4.49. The van der Waals surface area contributed by atoms with Gasteiger partial charge in [0.25, 0.3) is 0 Å². The van der Waals surface area contributed by atoms with Crippen LogP contribution in [0.15, 0.2) is 67.4 Å². The molecule has 0 atom stereocenters. The number of benzene rings is 2. The first-order valence-corrected chi connectivity index (χ1v) is 9.70. The smallest absolute Gasteiger partial charge is 0.416 e. The highest BCUT2D eigenvalue weighted by atomic mass is 19.4. The number of aromatic nitrogens is 4. The molecule has 0 spiro atoms. The van der Waals surface area contributed by atoms with Gasteiger partial charge in [0.15, 0.2) is 0 Å². The van der Waals surface area contributed by atoms with Crippen LogP contribution in [0.25, 0.3) is 11.4 Å². The van der Waals surface area contributed by atoms with Crippen LogP contribution in [-0.2, 0) is 13.2 Å². The number of nitrogens with one attached hydrogen (secondary N) is 2. The zero-order chi connectivity index (χ0) is 24.3. The van der Waals surface area contributed by atoms with E-state index in [9.17, 15) is 22.4 Å². The van der Waals surface area contributed by atoms with Gasteiger partial charge in [-0.3, -0.25) is 0 Å². The molecule has 34 heavy (non-hydrogen) atoms. The number of nitrogens with zero attached hydrogens (tertiary/aromatic N) is 4. The van der Waals surface area contributed by atoms with Crippen molar-refractivity contribution in [3.05, 3.63) is 78.8 Å². The summed E-state index contributed by atoms with van der Waals surface area (Å²) >= 11 is 0. The lowest BCUT2D eigenvalue weighted by molar-refractivity contribution is -0.137. The summed E-state index contributed by atoms with van der Waals surface area (Å²) in [4.78, 5) is 24.6. The minimum atomic E-state index is -4.49. The van der Waals surface area contributed by atoms with Crippen molar-refractivity contribution in [3.63, 3.8) is 0 Å². The predicted molar refractivity (Wildman–Crippen MR) is 115 cm³/mol. The average Bonchev–Trinajstić information content (AvgIpc) is 3.22. The molecule has 12 heteroatoms. The summed E-state index contributed by atoms with van der Waals surface area (Å²) in [6.07, 6.45) is 0.179. The van der Waals surface area contributed by atoms with Crippen molar-refractivity contribution in [3.8, 4) is 23.0 Å². The number of carbonyl (C=O) groups is 1. The van der Waals surface area contributed by atoms with Gasteiger partial charge in [-0.1, -0.05) is 0 Å². The van der Waals surface area contributed by atoms with Gasteiger partial charge in [-0.2, -0.15) is 13.2 Å². The second kappa shape index (κ2) is 9.17. The lowest BCUT2D eigenvalue weighted by Crippen LogP contribution is -2.20. The molecular weight excluding hydrogens is 456 g/mol. The van der Waals surface area contributed by atoms with Gasteiger partial charge in [-0.15, -0.1) is 0 Å². The summed E-state index contributed by atoms with van der Waals surface area (Å²) in [5.74, 6) is -0.397. The third-order valence-electron chi connectivity index (χ3n) is 4.49. The van der Waals surface area contributed by atoms with Gasteiger partial charge >= 0.3 is 12.2 Å². The highest BCUT2D eigenvalue weighted by Crippen LogP contribution is 2.30. The van der Waals surface area contributed by atoms with Crippen molar-refractivity contribution in [2.24, 2.45) is 7.05 Å². The van der Waals surface area contributed by atoms with Gasteiger partial charge in [0.2, 0.25) is 5.88 Å². The molecule has 4 rings (SSSR count). The van der Waals surface area contributed by atoms with E-state index >= 15 is 0 Å². The van der Waals surface area contributed by atoms with E-state index in [2.05, 4.69) is 25.6 Å². The Morgan fingerprint density at radius 1 is 0.971 bits per heavy atom. The van der Waals surface area contributed by atoms with E-state index in [0.717, 1.165) is 30.3 Å². The Morgan fingerprint density at radius 3 is 2.41 bits per heavy atom. The van der Waals surface area contributed by atoms with E-state index in [-0.39, 0.29) is 23.0 Å². The number of anilines is 2. The topological polar surface area (TPSA) is 94.0 Å². The molecule has 0 bridgehead atoms. The Kier molecular flexibility index (Phi) is 6.13. The summed E-state index contributed by atoms with van der Waals surface area (Å²) in [6.45, 7) is 0. The van der Waals surface area contributed by atoms with Crippen molar-refractivity contribution in [1.29, 1.82) is 0 Å². The summed E-state index contributed by atoms with van der Waals surface area (Å²) in [7, 11) is 1.82. The number of hydrogen-bond acceptors (Lipinski definition) is 5. The maximum atomic E-state index is 14.2. The number of hydrogen-bond donors (Lipinski definition) is 2. The van der Waals surface area contributed by atoms with E-state index in [1.54, 1.807) is 23.2 Å². The minimum absolute atomic E-state index is 0.0985. The minimum Gasteiger partial charge on any atom is -0.439 e. The van der Waals surface area contributed by atoms with Gasteiger partial charge in [0.05, 0.1) is 23.3 Å². The molecule has 4 aromatic rings. The lowest BCUT2D eigenvalue weighted by atomic mass is 10.2. The van der Waals surface area contributed by atoms with Gasteiger partial charge in [0.1, 0.15) is 23.6 Å². The molecule has 2 heterocycles. The molecule has 2 aromatic carbocycles. The van der Waals surface area contributed by atoms with Crippen molar-refractivity contribution >= 4 is 17.4 Å². The molecule has 2 amide bonds. The van der Waals surface area contributed by atoms with Crippen LogP contribution in [0, 0.1) is 5.82 Å². The number of carbonyl (C=O) groups excluding carboxylic acids is 1. The number of amides is 2. The van der Waals surface area contributed by atoms with Gasteiger partial charge in [0, 0.05) is 31.1 Å². The van der Waals surface area contributed by atoms with Crippen LogP contribution >= 0.6 is 0 Å². The van der Waals surface area contributed by atoms with Crippen molar-refractivity contribution in [2.45, 2.75) is 6.18 Å². The summed E-state index contributed by atoms with van der Waals surface area (Å²) < 4.78 is 59.6. The van der Waals surface area contributed by atoms with Gasteiger partial charge in [-0.25, -0.2) is 24.1 Å². The van der Waals surface area contributed by atoms with Crippen LogP contribution in [0.2, 0.25) is 0 Å². The second-order valence-electron chi connectivity index (χ2n) is 7.06. The van der Waals surface area contributed by atoms with Crippen LogP contribution in [0.5, 0.6) is 11.6 Å². The van der Waals surface area contributed by atoms with Gasteiger partial charge < -0.3 is 19.9 Å². The molecule has 0 radical (unpaired) electrons. The quantitative estimate of drug-likeness (QED) is 0.376. The first kappa shape index (κ1) is 22.7. The van der Waals surface area contributed by atoms with Gasteiger partial charge in [-0.05, 0) is 36.4 Å². The Labute approximate surface area is 190 Å². The highest BCUT2D eigenvalue weighted by Gasteiger charge is 2.30. The fourth-order valence-electron chi connectivity index (χ4n) is 2.89. The summed E-state index contributed by atoms with van der Waals surface area (Å²) in [6, 6.07) is 8.20. The first-order chi connectivity index (χ1) is 16.2. The van der Waals surface area contributed by atoms with E-state index in [4.69, 9.17) is 4.74 Å². The number of imidazole rings is 1. The molecule has 0 aliphatic carbocycles. The zero-order valence-corrected chi connectivity index (χ0v) is 17.5. The van der Waals surface area contributed by atoms with E-state index in [1.165, 1.54) is 18.5 Å². The van der Waals surface area contributed by atoms with E-state index < -0.39 is 23.6 Å². The van der Waals surface area contributed by atoms with E-state index in [1.807, 2.05) is 7.05 Å².